The summed E-state index contributed by atoms with van der Waals surface area (Å²) in [5.74, 6) is 0.278. The van der Waals surface area contributed by atoms with E-state index >= 15 is 0 Å². The zero-order chi connectivity index (χ0) is 22.3. The minimum atomic E-state index is -4.68. The van der Waals surface area contributed by atoms with Crippen LogP contribution >= 0.6 is 0 Å². The Morgan fingerprint density at radius 3 is 2.28 bits per heavy atom. The summed E-state index contributed by atoms with van der Waals surface area (Å²) in [6, 6.07) is 19.1. The maximum Gasteiger partial charge on any atom is 0.417 e. The van der Waals surface area contributed by atoms with Gasteiger partial charge in [0.05, 0.1) is 16.6 Å². The standard InChI is InChI=1S/C24H19F3N4O/c25-24(26,27)19-10-18(14-31-12-15-6-4-5-7-16(15)13-31)29-23-22(19)20(32)11-21(30-23)28-17-8-2-1-3-9-17/h1-11H,12-14H2,(H2,28,29,30,32). The van der Waals surface area contributed by atoms with E-state index in [0.717, 1.165) is 23.3 Å². The first-order valence-electron chi connectivity index (χ1n) is 10.1. The fourth-order valence-corrected chi connectivity index (χ4v) is 4.10. The highest BCUT2D eigenvalue weighted by Gasteiger charge is 2.35. The van der Waals surface area contributed by atoms with Crippen LogP contribution in [0.25, 0.3) is 11.0 Å². The van der Waals surface area contributed by atoms with Gasteiger partial charge >= 0.3 is 6.18 Å². The van der Waals surface area contributed by atoms with Crippen molar-refractivity contribution in [2.45, 2.75) is 25.8 Å². The van der Waals surface area contributed by atoms with Gasteiger partial charge in [0.25, 0.3) is 0 Å². The van der Waals surface area contributed by atoms with Crippen molar-refractivity contribution < 1.29 is 13.2 Å². The summed E-state index contributed by atoms with van der Waals surface area (Å²) in [6.07, 6.45) is -4.68. The highest BCUT2D eigenvalue weighted by molar-refractivity contribution is 5.81. The van der Waals surface area contributed by atoms with E-state index in [9.17, 15) is 18.0 Å². The second kappa shape index (κ2) is 7.80. The van der Waals surface area contributed by atoms with Crippen LogP contribution in [0.3, 0.4) is 0 Å². The highest BCUT2D eigenvalue weighted by atomic mass is 19.4. The molecular weight excluding hydrogens is 417 g/mol. The molecule has 4 aromatic rings. The van der Waals surface area contributed by atoms with Crippen LogP contribution in [-0.2, 0) is 25.8 Å². The first-order valence-corrected chi connectivity index (χ1v) is 10.1. The van der Waals surface area contributed by atoms with Crippen molar-refractivity contribution in [3.05, 3.63) is 99.3 Å². The predicted octanol–water partition coefficient (Wildman–Crippen LogP) is 5.20. The van der Waals surface area contributed by atoms with Gasteiger partial charge in [-0.2, -0.15) is 13.2 Å². The number of anilines is 2. The number of rotatable bonds is 4. The molecule has 3 heterocycles. The first-order chi connectivity index (χ1) is 15.4. The highest BCUT2D eigenvalue weighted by Crippen LogP contribution is 2.34. The molecule has 5 nitrogen and oxygen atoms in total. The molecule has 0 fully saturated rings. The molecule has 0 spiro atoms. The molecule has 2 aromatic carbocycles. The van der Waals surface area contributed by atoms with E-state index < -0.39 is 22.6 Å². The topological polar surface area (TPSA) is 61.0 Å². The molecule has 162 valence electrons. The third-order valence-corrected chi connectivity index (χ3v) is 5.50. The average Bonchev–Trinajstić information content (AvgIpc) is 3.15. The normalized spacial score (nSPS) is 14.0. The number of aromatic nitrogens is 2. The van der Waals surface area contributed by atoms with Crippen molar-refractivity contribution in [1.29, 1.82) is 0 Å². The number of H-pyrrole nitrogens is 1. The minimum absolute atomic E-state index is 0.0857. The largest absolute Gasteiger partial charge is 0.417 e. The number of pyridine rings is 2. The third kappa shape index (κ3) is 3.97. The van der Waals surface area contributed by atoms with E-state index in [0.29, 0.717) is 18.8 Å². The van der Waals surface area contributed by atoms with Crippen molar-refractivity contribution in [2.24, 2.45) is 0 Å². The number of hydrogen-bond donors (Lipinski definition) is 2. The van der Waals surface area contributed by atoms with Crippen LogP contribution in [0.15, 0.2) is 71.5 Å². The lowest BCUT2D eigenvalue weighted by Crippen LogP contribution is -2.20. The Morgan fingerprint density at radius 1 is 0.969 bits per heavy atom. The molecule has 5 rings (SSSR count). The molecule has 0 amide bonds. The average molecular weight is 436 g/mol. The second-order valence-corrected chi connectivity index (χ2v) is 7.83. The van der Waals surface area contributed by atoms with Gasteiger partial charge in [0.15, 0.2) is 5.43 Å². The van der Waals surface area contributed by atoms with E-state index in [1.165, 1.54) is 0 Å². The van der Waals surface area contributed by atoms with Gasteiger partial charge in [0, 0.05) is 31.4 Å². The maximum absolute atomic E-state index is 13.8. The summed E-state index contributed by atoms with van der Waals surface area (Å²) in [6.45, 7) is 1.53. The molecule has 0 unspecified atom stereocenters. The second-order valence-electron chi connectivity index (χ2n) is 7.83. The summed E-state index contributed by atoms with van der Waals surface area (Å²) >= 11 is 0. The van der Waals surface area contributed by atoms with Crippen molar-refractivity contribution in [3.8, 4) is 0 Å². The molecule has 1 aliphatic rings. The van der Waals surface area contributed by atoms with Gasteiger partial charge in [-0.3, -0.25) is 9.69 Å². The van der Waals surface area contributed by atoms with E-state index in [4.69, 9.17) is 0 Å². The molecular formula is C24H19F3N4O. The molecule has 32 heavy (non-hydrogen) atoms. The molecule has 0 bridgehead atoms. The van der Waals surface area contributed by atoms with Crippen LogP contribution in [-0.4, -0.2) is 14.9 Å². The maximum atomic E-state index is 13.8. The summed E-state index contributed by atoms with van der Waals surface area (Å²) in [4.78, 5) is 22.0. The Labute approximate surface area is 181 Å². The SMILES string of the molecule is O=c1cc(Nc2ccccc2)[nH]c2nc(CN3Cc4ccccc4C3)cc(C(F)(F)F)c12. The first kappa shape index (κ1) is 20.3. The van der Waals surface area contributed by atoms with Crippen molar-refractivity contribution in [1.82, 2.24) is 14.9 Å². The Morgan fingerprint density at radius 2 is 1.62 bits per heavy atom. The predicted molar refractivity (Wildman–Crippen MR) is 116 cm³/mol. The monoisotopic (exact) mass is 436 g/mol. The number of alkyl halides is 3. The van der Waals surface area contributed by atoms with Gasteiger partial charge in [-0.25, -0.2) is 4.98 Å². The number of fused-ring (bicyclic) bond motifs is 2. The molecule has 0 aliphatic carbocycles. The lowest BCUT2D eigenvalue weighted by molar-refractivity contribution is -0.136. The Kier molecular flexibility index (Phi) is 4.94. The molecule has 0 radical (unpaired) electrons. The number of para-hydroxylation sites is 1. The number of nitrogens with one attached hydrogen (secondary N) is 2. The minimum Gasteiger partial charge on any atom is -0.342 e. The lowest BCUT2D eigenvalue weighted by atomic mass is 10.1. The van der Waals surface area contributed by atoms with Crippen molar-refractivity contribution in [3.63, 3.8) is 0 Å². The van der Waals surface area contributed by atoms with E-state index in [2.05, 4.69) is 15.3 Å². The lowest BCUT2D eigenvalue weighted by Gasteiger charge is -2.17. The molecule has 2 aromatic heterocycles. The number of benzene rings is 2. The smallest absolute Gasteiger partial charge is 0.342 e. The number of nitrogens with zero attached hydrogens (tertiary/aromatic N) is 2. The van der Waals surface area contributed by atoms with Crippen molar-refractivity contribution >= 4 is 22.5 Å². The van der Waals surface area contributed by atoms with E-state index in [-0.39, 0.29) is 23.7 Å². The third-order valence-electron chi connectivity index (χ3n) is 5.50. The van der Waals surface area contributed by atoms with Gasteiger partial charge in [0.2, 0.25) is 0 Å². The van der Waals surface area contributed by atoms with Crippen LogP contribution < -0.4 is 10.7 Å². The Balaban J connectivity index is 1.54. The Hall–Kier alpha value is -3.65. The quantitative estimate of drug-likeness (QED) is 0.462. The summed E-state index contributed by atoms with van der Waals surface area (Å²) < 4.78 is 41.5. The van der Waals surface area contributed by atoms with Gasteiger partial charge in [0.1, 0.15) is 11.5 Å². The summed E-state index contributed by atoms with van der Waals surface area (Å²) in [7, 11) is 0. The molecule has 0 saturated carbocycles. The zero-order valence-electron chi connectivity index (χ0n) is 16.9. The number of aromatic amines is 1. The van der Waals surface area contributed by atoms with Gasteiger partial charge in [-0.15, -0.1) is 0 Å². The van der Waals surface area contributed by atoms with Gasteiger partial charge in [-0.05, 0) is 29.3 Å². The fourth-order valence-electron chi connectivity index (χ4n) is 4.10. The molecule has 1 aliphatic heterocycles. The molecule has 0 saturated heterocycles. The van der Waals surface area contributed by atoms with Crippen LogP contribution in [0, 0.1) is 0 Å². The van der Waals surface area contributed by atoms with Gasteiger partial charge < -0.3 is 10.3 Å². The van der Waals surface area contributed by atoms with Crippen LogP contribution in [0.4, 0.5) is 24.7 Å². The fraction of sp³-hybridized carbons (Fsp3) is 0.167. The van der Waals surface area contributed by atoms with E-state index in [1.54, 1.807) is 12.1 Å². The Bertz CT molecular complexity index is 1320. The van der Waals surface area contributed by atoms with Crippen LogP contribution in [0.1, 0.15) is 22.4 Å². The molecule has 8 heteroatoms. The molecule has 2 N–H and O–H groups in total. The van der Waals surface area contributed by atoms with Crippen molar-refractivity contribution in [2.75, 3.05) is 5.32 Å². The van der Waals surface area contributed by atoms with E-state index in [1.807, 2.05) is 47.4 Å². The zero-order valence-corrected chi connectivity index (χ0v) is 16.9. The number of hydrogen-bond acceptors (Lipinski definition) is 4. The van der Waals surface area contributed by atoms with Crippen LogP contribution in [0.2, 0.25) is 0 Å². The number of halogens is 3. The summed E-state index contributed by atoms with van der Waals surface area (Å²) in [5, 5.41) is 2.56. The summed E-state index contributed by atoms with van der Waals surface area (Å²) in [5.41, 5.74) is 1.48. The van der Waals surface area contributed by atoms with Gasteiger partial charge in [-0.1, -0.05) is 42.5 Å². The van der Waals surface area contributed by atoms with Crippen LogP contribution in [0.5, 0.6) is 0 Å². The molecule has 0 atom stereocenters.